The second-order valence-electron chi connectivity index (χ2n) is 6.37. The number of hydrogen-bond donors (Lipinski definition) is 0. The molecule has 3 aromatic heterocycles. The van der Waals surface area contributed by atoms with Gasteiger partial charge in [-0.3, -0.25) is 18.7 Å². The van der Waals surface area contributed by atoms with E-state index in [-0.39, 0.29) is 24.4 Å². The maximum atomic E-state index is 13.1. The number of benzene rings is 1. The number of ketones is 1. The molecule has 29 heavy (non-hydrogen) atoms. The first-order valence-electron chi connectivity index (χ1n) is 8.86. The lowest BCUT2D eigenvalue weighted by atomic mass is 10.1. The van der Waals surface area contributed by atoms with Crippen LogP contribution in [0.2, 0.25) is 0 Å². The highest BCUT2D eigenvalue weighted by molar-refractivity contribution is 7.09. The zero-order chi connectivity index (χ0) is 20.4. The summed E-state index contributed by atoms with van der Waals surface area (Å²) in [5.74, 6) is 0.287. The Morgan fingerprint density at radius 2 is 1.97 bits per heavy atom. The summed E-state index contributed by atoms with van der Waals surface area (Å²) in [5, 5.41) is 1.88. The van der Waals surface area contributed by atoms with Crippen molar-refractivity contribution in [3.63, 3.8) is 0 Å². The highest BCUT2D eigenvalue weighted by Gasteiger charge is 2.17. The molecule has 0 N–H and O–H groups in total. The third kappa shape index (κ3) is 3.62. The number of aromatic nitrogens is 3. The zero-order valence-electron chi connectivity index (χ0n) is 15.6. The van der Waals surface area contributed by atoms with Gasteiger partial charge < -0.3 is 4.74 Å². The minimum Gasteiger partial charge on any atom is -0.497 e. The fourth-order valence-corrected chi connectivity index (χ4v) is 3.82. The van der Waals surface area contributed by atoms with Crippen LogP contribution in [0.5, 0.6) is 5.75 Å². The first kappa shape index (κ1) is 18.8. The van der Waals surface area contributed by atoms with Crippen LogP contribution >= 0.6 is 11.3 Å². The molecule has 0 saturated carbocycles. The molecule has 0 saturated heterocycles. The number of pyridine rings is 1. The highest BCUT2D eigenvalue weighted by atomic mass is 32.1. The second kappa shape index (κ2) is 7.84. The van der Waals surface area contributed by atoms with Crippen LogP contribution in [0.25, 0.3) is 11.0 Å². The Balaban J connectivity index is 1.83. The Bertz CT molecular complexity index is 1310. The topological polar surface area (TPSA) is 83.2 Å². The van der Waals surface area contributed by atoms with Crippen LogP contribution in [0.3, 0.4) is 0 Å². The van der Waals surface area contributed by atoms with Crippen LogP contribution in [0.15, 0.2) is 69.7 Å². The first-order chi connectivity index (χ1) is 14.1. The molecule has 8 heteroatoms. The van der Waals surface area contributed by atoms with Gasteiger partial charge in [0.05, 0.1) is 25.7 Å². The van der Waals surface area contributed by atoms with Crippen LogP contribution in [-0.4, -0.2) is 27.0 Å². The van der Waals surface area contributed by atoms with Gasteiger partial charge in [0.15, 0.2) is 11.3 Å². The van der Waals surface area contributed by atoms with E-state index in [1.807, 2.05) is 17.5 Å². The van der Waals surface area contributed by atoms with Gasteiger partial charge in [0.2, 0.25) is 0 Å². The molecule has 0 fully saturated rings. The fraction of sp³-hybridized carbons (Fsp3) is 0.143. The quantitative estimate of drug-likeness (QED) is 0.459. The van der Waals surface area contributed by atoms with Crippen LogP contribution in [0, 0.1) is 0 Å². The summed E-state index contributed by atoms with van der Waals surface area (Å²) < 4.78 is 7.60. The van der Waals surface area contributed by atoms with Gasteiger partial charge in [0.25, 0.3) is 5.56 Å². The van der Waals surface area contributed by atoms with Crippen molar-refractivity contribution in [3.05, 3.63) is 91.4 Å². The lowest BCUT2D eigenvalue weighted by molar-refractivity contribution is 0.0971. The van der Waals surface area contributed by atoms with E-state index in [1.165, 1.54) is 29.2 Å². The van der Waals surface area contributed by atoms with E-state index in [9.17, 15) is 14.4 Å². The Labute approximate surface area is 169 Å². The lowest BCUT2D eigenvalue weighted by Crippen LogP contribution is -2.41. The Kier molecular flexibility index (Phi) is 5.09. The monoisotopic (exact) mass is 407 g/mol. The smallest absolute Gasteiger partial charge is 0.332 e. The number of Topliss-reactive ketones (excluding diaryl/α,β-unsaturated/α-hetero) is 1. The summed E-state index contributed by atoms with van der Waals surface area (Å²) >= 11 is 1.45. The molecule has 0 aliphatic heterocycles. The minimum absolute atomic E-state index is 0.134. The van der Waals surface area contributed by atoms with Gasteiger partial charge in [-0.2, -0.15) is 0 Å². The predicted molar refractivity (Wildman–Crippen MR) is 111 cm³/mol. The largest absolute Gasteiger partial charge is 0.497 e. The van der Waals surface area contributed by atoms with E-state index in [0.29, 0.717) is 16.8 Å². The molecule has 0 unspecified atom stereocenters. The summed E-state index contributed by atoms with van der Waals surface area (Å²) in [7, 11) is 1.52. The van der Waals surface area contributed by atoms with Crippen molar-refractivity contribution in [3.8, 4) is 5.75 Å². The van der Waals surface area contributed by atoms with Gasteiger partial charge in [-0.15, -0.1) is 11.3 Å². The molecule has 0 atom stereocenters. The van der Waals surface area contributed by atoms with Crippen molar-refractivity contribution in [1.82, 2.24) is 14.1 Å². The number of rotatable bonds is 6. The normalized spacial score (nSPS) is 10.9. The van der Waals surface area contributed by atoms with E-state index in [1.54, 1.807) is 36.4 Å². The van der Waals surface area contributed by atoms with Gasteiger partial charge in [-0.25, -0.2) is 9.78 Å². The van der Waals surface area contributed by atoms with Crippen molar-refractivity contribution in [2.45, 2.75) is 13.1 Å². The molecule has 0 amide bonds. The zero-order valence-corrected chi connectivity index (χ0v) is 16.4. The van der Waals surface area contributed by atoms with E-state index < -0.39 is 11.2 Å². The van der Waals surface area contributed by atoms with Gasteiger partial charge in [0, 0.05) is 16.6 Å². The van der Waals surface area contributed by atoms with Crippen molar-refractivity contribution >= 4 is 28.2 Å². The SMILES string of the molecule is COc1cccc(C(=O)Cn2c(=O)n(Cc3cccs3)c(=O)c3ncccc32)c1. The Hall–Kier alpha value is -3.52. The summed E-state index contributed by atoms with van der Waals surface area (Å²) in [5.41, 5.74) is -0.100. The molecule has 4 rings (SSSR count). The van der Waals surface area contributed by atoms with Gasteiger partial charge in [-0.1, -0.05) is 18.2 Å². The third-order valence-electron chi connectivity index (χ3n) is 4.57. The molecular formula is C21H17N3O4S. The molecule has 7 nitrogen and oxygen atoms in total. The number of carbonyl (C=O) groups is 1. The first-order valence-corrected chi connectivity index (χ1v) is 9.74. The van der Waals surface area contributed by atoms with Crippen LogP contribution in [0.1, 0.15) is 15.2 Å². The van der Waals surface area contributed by atoms with Crippen molar-refractivity contribution in [2.75, 3.05) is 7.11 Å². The Morgan fingerprint density at radius 1 is 1.10 bits per heavy atom. The predicted octanol–water partition coefficient (Wildman–Crippen LogP) is 2.56. The molecular weight excluding hydrogens is 390 g/mol. The average molecular weight is 407 g/mol. The molecule has 0 aliphatic carbocycles. The number of carbonyl (C=O) groups excluding carboxylic acids is 1. The third-order valence-corrected chi connectivity index (χ3v) is 5.44. The van der Waals surface area contributed by atoms with Crippen molar-refractivity contribution in [2.24, 2.45) is 0 Å². The molecule has 0 radical (unpaired) electrons. The maximum Gasteiger partial charge on any atom is 0.332 e. The minimum atomic E-state index is -0.542. The highest BCUT2D eigenvalue weighted by Crippen LogP contribution is 2.15. The Morgan fingerprint density at radius 3 is 2.72 bits per heavy atom. The van der Waals surface area contributed by atoms with E-state index in [2.05, 4.69) is 4.98 Å². The molecule has 4 aromatic rings. The standard InChI is InChI=1S/C21H17N3O4S/c1-28-15-6-2-5-14(11-15)18(25)13-23-17-8-3-9-22-19(17)20(26)24(21(23)27)12-16-7-4-10-29-16/h2-11H,12-13H2,1H3. The number of ether oxygens (including phenoxy) is 1. The molecule has 0 aliphatic rings. The van der Waals surface area contributed by atoms with Gasteiger partial charge in [0.1, 0.15) is 5.75 Å². The number of methoxy groups -OCH3 is 1. The summed E-state index contributed by atoms with van der Waals surface area (Å²) in [6, 6.07) is 13.7. The van der Waals surface area contributed by atoms with E-state index >= 15 is 0 Å². The van der Waals surface area contributed by atoms with E-state index in [0.717, 1.165) is 9.44 Å². The van der Waals surface area contributed by atoms with Crippen molar-refractivity contribution in [1.29, 1.82) is 0 Å². The summed E-state index contributed by atoms with van der Waals surface area (Å²) in [6.07, 6.45) is 1.50. The molecule has 1 aromatic carbocycles. The summed E-state index contributed by atoms with van der Waals surface area (Å²) in [4.78, 5) is 43.9. The van der Waals surface area contributed by atoms with Crippen molar-refractivity contribution < 1.29 is 9.53 Å². The number of thiophene rings is 1. The molecule has 146 valence electrons. The lowest BCUT2D eigenvalue weighted by Gasteiger charge is -2.13. The number of nitrogens with zero attached hydrogens (tertiary/aromatic N) is 3. The number of fused-ring (bicyclic) bond motifs is 1. The van der Waals surface area contributed by atoms with Crippen LogP contribution in [-0.2, 0) is 13.1 Å². The number of hydrogen-bond acceptors (Lipinski definition) is 6. The van der Waals surface area contributed by atoms with E-state index in [4.69, 9.17) is 4.74 Å². The van der Waals surface area contributed by atoms with Crippen LogP contribution < -0.4 is 16.0 Å². The van der Waals surface area contributed by atoms with Gasteiger partial charge >= 0.3 is 5.69 Å². The fourth-order valence-electron chi connectivity index (χ4n) is 3.12. The molecule has 0 spiro atoms. The summed E-state index contributed by atoms with van der Waals surface area (Å²) in [6.45, 7) is -0.0753. The van der Waals surface area contributed by atoms with Gasteiger partial charge in [-0.05, 0) is 35.7 Å². The van der Waals surface area contributed by atoms with Crippen LogP contribution in [0.4, 0.5) is 0 Å². The second-order valence-corrected chi connectivity index (χ2v) is 7.40. The maximum absolute atomic E-state index is 13.1. The molecule has 3 heterocycles. The molecule has 0 bridgehead atoms. The average Bonchev–Trinajstić information content (AvgIpc) is 3.27.